The minimum atomic E-state index is -0.124. The van der Waals surface area contributed by atoms with E-state index in [9.17, 15) is 4.79 Å². The van der Waals surface area contributed by atoms with Gasteiger partial charge in [0.15, 0.2) is 0 Å². The maximum absolute atomic E-state index is 12.0. The number of rotatable bonds is 4. The van der Waals surface area contributed by atoms with Crippen molar-refractivity contribution in [2.75, 3.05) is 11.9 Å². The molecule has 3 nitrogen and oxygen atoms in total. The number of hydrogen-bond donors (Lipinski definition) is 2. The number of hydrogen-bond acceptors (Lipinski definition) is 2. The summed E-state index contributed by atoms with van der Waals surface area (Å²) in [6.45, 7) is 2.70. The van der Waals surface area contributed by atoms with Gasteiger partial charge in [0.2, 0.25) is 0 Å². The Kier molecular flexibility index (Phi) is 3.49. The van der Waals surface area contributed by atoms with E-state index in [1.165, 1.54) is 5.56 Å². The van der Waals surface area contributed by atoms with Gasteiger partial charge in [0, 0.05) is 17.6 Å². The smallest absolute Gasteiger partial charge is 0.319 e. The molecule has 0 saturated heterocycles. The standard InChI is InChI=1S/C16H18N2OS/c1-12-4-2-3-5-14(12)18-15(19)17-11-16(7-8-16)13-6-9-20-10-13/h2-6,9-10H,7-8,11H2,1H3,(H2,17,18,19). The van der Waals surface area contributed by atoms with Crippen molar-refractivity contribution in [3.05, 3.63) is 52.2 Å². The van der Waals surface area contributed by atoms with Crippen molar-refractivity contribution < 1.29 is 4.79 Å². The maximum Gasteiger partial charge on any atom is 0.319 e. The number of para-hydroxylation sites is 1. The van der Waals surface area contributed by atoms with Gasteiger partial charge < -0.3 is 10.6 Å². The number of carbonyl (C=O) groups excluding carboxylic acids is 1. The molecule has 1 aromatic carbocycles. The Bertz CT molecular complexity index is 603. The quantitative estimate of drug-likeness (QED) is 0.879. The third-order valence-corrected chi connectivity index (χ3v) is 4.65. The Morgan fingerprint density at radius 2 is 2.10 bits per heavy atom. The molecule has 2 aromatic rings. The lowest BCUT2D eigenvalue weighted by Crippen LogP contribution is -2.35. The fourth-order valence-electron chi connectivity index (χ4n) is 2.41. The summed E-state index contributed by atoms with van der Waals surface area (Å²) in [4.78, 5) is 12.0. The van der Waals surface area contributed by atoms with Gasteiger partial charge in [-0.1, -0.05) is 18.2 Å². The Morgan fingerprint density at radius 3 is 2.75 bits per heavy atom. The molecule has 0 bridgehead atoms. The lowest BCUT2D eigenvalue weighted by Gasteiger charge is -2.16. The maximum atomic E-state index is 12.0. The predicted octanol–water partition coefficient (Wildman–Crippen LogP) is 3.91. The van der Waals surface area contributed by atoms with Crippen molar-refractivity contribution in [2.24, 2.45) is 0 Å². The average Bonchev–Trinajstić information content (AvgIpc) is 3.03. The van der Waals surface area contributed by atoms with Gasteiger partial charge in [-0.25, -0.2) is 4.79 Å². The average molecular weight is 286 g/mol. The molecule has 1 aliphatic carbocycles. The summed E-state index contributed by atoms with van der Waals surface area (Å²) in [7, 11) is 0. The van der Waals surface area contributed by atoms with E-state index < -0.39 is 0 Å². The minimum absolute atomic E-state index is 0.124. The summed E-state index contributed by atoms with van der Waals surface area (Å²) in [5, 5.41) is 10.2. The van der Waals surface area contributed by atoms with Crippen molar-refractivity contribution in [3.63, 3.8) is 0 Å². The second-order valence-electron chi connectivity index (χ2n) is 5.41. The fraction of sp³-hybridized carbons (Fsp3) is 0.312. The van der Waals surface area contributed by atoms with Crippen LogP contribution in [0, 0.1) is 6.92 Å². The fourth-order valence-corrected chi connectivity index (χ4v) is 3.19. The number of urea groups is 1. The highest BCUT2D eigenvalue weighted by Gasteiger charge is 2.44. The zero-order valence-electron chi connectivity index (χ0n) is 11.5. The molecular weight excluding hydrogens is 268 g/mol. The van der Waals surface area contributed by atoms with Gasteiger partial charge in [-0.2, -0.15) is 11.3 Å². The van der Waals surface area contributed by atoms with Gasteiger partial charge in [0.1, 0.15) is 0 Å². The van der Waals surface area contributed by atoms with Gasteiger partial charge in [0.25, 0.3) is 0 Å². The molecule has 0 unspecified atom stereocenters. The molecule has 1 heterocycles. The van der Waals surface area contributed by atoms with E-state index in [1.807, 2.05) is 31.2 Å². The van der Waals surface area contributed by atoms with Crippen LogP contribution in [0.1, 0.15) is 24.0 Å². The second kappa shape index (κ2) is 5.29. The van der Waals surface area contributed by atoms with Crippen LogP contribution < -0.4 is 10.6 Å². The van der Waals surface area contributed by atoms with Crippen LogP contribution in [-0.2, 0) is 5.41 Å². The molecule has 2 amide bonds. The molecule has 0 aliphatic heterocycles. The molecule has 2 N–H and O–H groups in total. The summed E-state index contributed by atoms with van der Waals surface area (Å²) >= 11 is 1.72. The van der Waals surface area contributed by atoms with Crippen molar-refractivity contribution in [3.8, 4) is 0 Å². The molecular formula is C16H18N2OS. The summed E-state index contributed by atoms with van der Waals surface area (Å²) in [5.74, 6) is 0. The summed E-state index contributed by atoms with van der Waals surface area (Å²) in [6, 6.07) is 9.84. The Balaban J connectivity index is 1.57. The van der Waals surface area contributed by atoms with Crippen molar-refractivity contribution >= 4 is 23.1 Å². The van der Waals surface area contributed by atoms with Gasteiger partial charge in [-0.3, -0.25) is 0 Å². The van der Waals surface area contributed by atoms with Crippen LogP contribution in [0.5, 0.6) is 0 Å². The minimum Gasteiger partial charge on any atom is -0.337 e. The number of amides is 2. The molecule has 4 heteroatoms. The van der Waals surface area contributed by atoms with E-state index in [1.54, 1.807) is 11.3 Å². The first-order chi connectivity index (χ1) is 9.70. The SMILES string of the molecule is Cc1ccccc1NC(=O)NCC1(c2ccsc2)CC1. The highest BCUT2D eigenvalue weighted by atomic mass is 32.1. The number of benzene rings is 1. The van der Waals surface area contributed by atoms with E-state index in [2.05, 4.69) is 27.5 Å². The van der Waals surface area contributed by atoms with Crippen LogP contribution in [0.25, 0.3) is 0 Å². The topological polar surface area (TPSA) is 41.1 Å². The number of thiophene rings is 1. The number of aryl methyl sites for hydroxylation is 1. The van der Waals surface area contributed by atoms with Crippen LogP contribution >= 0.6 is 11.3 Å². The van der Waals surface area contributed by atoms with E-state index in [-0.39, 0.29) is 11.4 Å². The molecule has 1 fully saturated rings. The predicted molar refractivity (Wildman–Crippen MR) is 83.4 cm³/mol. The molecule has 0 spiro atoms. The van der Waals surface area contributed by atoms with Gasteiger partial charge in [0.05, 0.1) is 0 Å². The van der Waals surface area contributed by atoms with Crippen LogP contribution in [0.3, 0.4) is 0 Å². The molecule has 20 heavy (non-hydrogen) atoms. The Morgan fingerprint density at radius 1 is 1.30 bits per heavy atom. The lowest BCUT2D eigenvalue weighted by atomic mass is 9.99. The molecule has 3 rings (SSSR count). The summed E-state index contributed by atoms with van der Waals surface area (Å²) < 4.78 is 0. The van der Waals surface area contributed by atoms with Gasteiger partial charge >= 0.3 is 6.03 Å². The molecule has 0 radical (unpaired) electrons. The summed E-state index contributed by atoms with van der Waals surface area (Å²) in [5.41, 5.74) is 3.48. The lowest BCUT2D eigenvalue weighted by molar-refractivity contribution is 0.251. The highest BCUT2D eigenvalue weighted by Crippen LogP contribution is 2.48. The van der Waals surface area contributed by atoms with Gasteiger partial charge in [-0.05, 0) is 53.8 Å². The zero-order valence-corrected chi connectivity index (χ0v) is 12.3. The third kappa shape index (κ3) is 2.70. The van der Waals surface area contributed by atoms with Crippen LogP contribution in [-0.4, -0.2) is 12.6 Å². The van der Waals surface area contributed by atoms with Crippen molar-refractivity contribution in [1.29, 1.82) is 0 Å². The number of anilines is 1. The second-order valence-corrected chi connectivity index (χ2v) is 6.19. The van der Waals surface area contributed by atoms with E-state index in [4.69, 9.17) is 0 Å². The molecule has 1 saturated carbocycles. The van der Waals surface area contributed by atoms with Crippen molar-refractivity contribution in [2.45, 2.75) is 25.2 Å². The number of nitrogens with one attached hydrogen (secondary N) is 2. The first kappa shape index (κ1) is 13.2. The normalized spacial score (nSPS) is 15.7. The monoisotopic (exact) mass is 286 g/mol. The largest absolute Gasteiger partial charge is 0.337 e. The Hall–Kier alpha value is -1.81. The van der Waals surface area contributed by atoms with E-state index in [0.29, 0.717) is 6.54 Å². The van der Waals surface area contributed by atoms with E-state index >= 15 is 0 Å². The zero-order chi connectivity index (χ0) is 14.0. The van der Waals surface area contributed by atoms with Crippen LogP contribution in [0.15, 0.2) is 41.1 Å². The van der Waals surface area contributed by atoms with Gasteiger partial charge in [-0.15, -0.1) is 0 Å². The highest BCUT2D eigenvalue weighted by molar-refractivity contribution is 7.08. The first-order valence-electron chi connectivity index (χ1n) is 6.83. The molecule has 104 valence electrons. The molecule has 0 atom stereocenters. The number of carbonyl (C=O) groups is 1. The summed E-state index contributed by atoms with van der Waals surface area (Å²) in [6.07, 6.45) is 2.32. The van der Waals surface area contributed by atoms with Crippen LogP contribution in [0.2, 0.25) is 0 Å². The molecule has 1 aliphatic rings. The first-order valence-corrected chi connectivity index (χ1v) is 7.77. The molecule has 1 aromatic heterocycles. The van der Waals surface area contributed by atoms with E-state index in [0.717, 1.165) is 24.1 Å². The third-order valence-electron chi connectivity index (χ3n) is 3.97. The Labute approximate surface area is 123 Å². The van der Waals surface area contributed by atoms with Crippen molar-refractivity contribution in [1.82, 2.24) is 5.32 Å². The van der Waals surface area contributed by atoms with Crippen LogP contribution in [0.4, 0.5) is 10.5 Å².